The van der Waals surface area contributed by atoms with Crippen molar-refractivity contribution in [1.82, 2.24) is 5.32 Å². The zero-order valence-electron chi connectivity index (χ0n) is 10.3. The maximum atomic E-state index is 10.7. The van der Waals surface area contributed by atoms with Crippen LogP contribution in [0.15, 0.2) is 10.5 Å². The van der Waals surface area contributed by atoms with Crippen molar-refractivity contribution in [3.05, 3.63) is 23.2 Å². The molecule has 16 heavy (non-hydrogen) atoms. The van der Waals surface area contributed by atoms with Gasteiger partial charge in [0.15, 0.2) is 0 Å². The molecule has 4 nitrogen and oxygen atoms in total. The lowest BCUT2D eigenvalue weighted by Gasteiger charge is -2.24. The third-order valence-corrected chi connectivity index (χ3v) is 2.87. The molecule has 1 heterocycles. The van der Waals surface area contributed by atoms with Crippen LogP contribution in [0.3, 0.4) is 0 Å². The summed E-state index contributed by atoms with van der Waals surface area (Å²) < 4.78 is 5.14. The molecule has 0 aromatic carbocycles. The molecule has 0 saturated heterocycles. The van der Waals surface area contributed by atoms with Crippen LogP contribution in [0.4, 0.5) is 0 Å². The number of carboxylic acids is 1. The van der Waals surface area contributed by atoms with Crippen LogP contribution < -0.4 is 5.32 Å². The Hall–Kier alpha value is -1.29. The van der Waals surface area contributed by atoms with Crippen LogP contribution >= 0.6 is 0 Å². The standard InChI is InChI=1S/C12H19NO3/c1-5-12(3,4)13-7-9-6-10(11(14)15)16-8(9)2/h6,13H,5,7H2,1-4H3,(H,14,15). The number of hydrogen-bond acceptors (Lipinski definition) is 3. The number of aromatic carboxylic acids is 1. The first kappa shape index (κ1) is 12.8. The van der Waals surface area contributed by atoms with E-state index < -0.39 is 5.97 Å². The van der Waals surface area contributed by atoms with Crippen molar-refractivity contribution in [1.29, 1.82) is 0 Å². The highest BCUT2D eigenvalue weighted by atomic mass is 16.4. The first-order valence-corrected chi connectivity index (χ1v) is 5.43. The molecule has 0 aliphatic rings. The van der Waals surface area contributed by atoms with Crippen LogP contribution in [-0.4, -0.2) is 16.6 Å². The third kappa shape index (κ3) is 3.10. The van der Waals surface area contributed by atoms with Crippen LogP contribution in [0.5, 0.6) is 0 Å². The first-order valence-electron chi connectivity index (χ1n) is 5.43. The van der Waals surface area contributed by atoms with Gasteiger partial charge in [-0.25, -0.2) is 4.79 Å². The van der Waals surface area contributed by atoms with Crippen molar-refractivity contribution in [3.8, 4) is 0 Å². The van der Waals surface area contributed by atoms with Crippen LogP contribution in [0.2, 0.25) is 0 Å². The molecule has 0 aliphatic carbocycles. The first-order chi connectivity index (χ1) is 7.35. The van der Waals surface area contributed by atoms with E-state index in [0.29, 0.717) is 12.3 Å². The van der Waals surface area contributed by atoms with Crippen molar-refractivity contribution < 1.29 is 14.3 Å². The lowest BCUT2D eigenvalue weighted by atomic mass is 10.0. The summed E-state index contributed by atoms with van der Waals surface area (Å²) in [6.45, 7) is 8.74. The largest absolute Gasteiger partial charge is 0.475 e. The second-order valence-corrected chi connectivity index (χ2v) is 4.59. The minimum atomic E-state index is -1.02. The van der Waals surface area contributed by atoms with Gasteiger partial charge in [0.25, 0.3) is 0 Å². The third-order valence-electron chi connectivity index (χ3n) is 2.87. The molecule has 1 aromatic heterocycles. The van der Waals surface area contributed by atoms with Gasteiger partial charge < -0.3 is 14.8 Å². The van der Waals surface area contributed by atoms with E-state index in [1.807, 2.05) is 0 Å². The number of furan rings is 1. The average Bonchev–Trinajstić information content (AvgIpc) is 2.57. The Labute approximate surface area is 95.7 Å². The van der Waals surface area contributed by atoms with Crippen LogP contribution in [-0.2, 0) is 6.54 Å². The summed E-state index contributed by atoms with van der Waals surface area (Å²) in [5, 5.41) is 12.1. The van der Waals surface area contributed by atoms with Gasteiger partial charge in [0.2, 0.25) is 5.76 Å². The summed E-state index contributed by atoms with van der Waals surface area (Å²) >= 11 is 0. The normalized spacial score (nSPS) is 11.8. The molecule has 0 amide bonds. The van der Waals surface area contributed by atoms with Crippen LogP contribution in [0.1, 0.15) is 49.1 Å². The van der Waals surface area contributed by atoms with Crippen LogP contribution in [0, 0.1) is 6.92 Å². The molecular formula is C12H19NO3. The highest BCUT2D eigenvalue weighted by Gasteiger charge is 2.17. The van der Waals surface area contributed by atoms with E-state index in [2.05, 4.69) is 26.1 Å². The SMILES string of the molecule is CCC(C)(C)NCc1cc(C(=O)O)oc1C. The summed E-state index contributed by atoms with van der Waals surface area (Å²) in [7, 11) is 0. The van der Waals surface area contributed by atoms with Gasteiger partial charge in [-0.3, -0.25) is 0 Å². The highest BCUT2D eigenvalue weighted by molar-refractivity contribution is 5.84. The Kier molecular flexibility index (Phi) is 3.75. The van der Waals surface area contributed by atoms with Crippen molar-refractivity contribution in [2.75, 3.05) is 0 Å². The number of carboxylic acid groups (broad SMARTS) is 1. The monoisotopic (exact) mass is 225 g/mol. The van der Waals surface area contributed by atoms with Gasteiger partial charge in [0, 0.05) is 17.6 Å². The average molecular weight is 225 g/mol. The highest BCUT2D eigenvalue weighted by Crippen LogP contribution is 2.16. The van der Waals surface area contributed by atoms with Gasteiger partial charge in [0.1, 0.15) is 5.76 Å². The van der Waals surface area contributed by atoms with Gasteiger partial charge in [-0.15, -0.1) is 0 Å². The van der Waals surface area contributed by atoms with Crippen LogP contribution in [0.25, 0.3) is 0 Å². The maximum Gasteiger partial charge on any atom is 0.371 e. The lowest BCUT2D eigenvalue weighted by Crippen LogP contribution is -2.37. The quantitative estimate of drug-likeness (QED) is 0.808. The topological polar surface area (TPSA) is 62.5 Å². The molecule has 0 fully saturated rings. The Bertz CT molecular complexity index is 380. The van der Waals surface area contributed by atoms with Gasteiger partial charge in [-0.05, 0) is 33.3 Å². The summed E-state index contributed by atoms with van der Waals surface area (Å²) in [5.74, 6) is -0.357. The Morgan fingerprint density at radius 3 is 2.62 bits per heavy atom. The summed E-state index contributed by atoms with van der Waals surface area (Å²) in [6.07, 6.45) is 1.01. The van der Waals surface area contributed by atoms with Crippen molar-refractivity contribution in [3.63, 3.8) is 0 Å². The van der Waals surface area contributed by atoms with Gasteiger partial charge in [-0.1, -0.05) is 6.92 Å². The number of nitrogens with one attached hydrogen (secondary N) is 1. The van der Waals surface area contributed by atoms with E-state index in [0.717, 1.165) is 12.0 Å². The molecule has 0 saturated carbocycles. The van der Waals surface area contributed by atoms with Crippen molar-refractivity contribution >= 4 is 5.97 Å². The van der Waals surface area contributed by atoms with E-state index in [-0.39, 0.29) is 11.3 Å². The molecule has 1 rings (SSSR count). The van der Waals surface area contributed by atoms with E-state index >= 15 is 0 Å². The molecule has 0 radical (unpaired) electrons. The van der Waals surface area contributed by atoms with E-state index in [9.17, 15) is 4.79 Å². The van der Waals surface area contributed by atoms with E-state index in [4.69, 9.17) is 9.52 Å². The minimum absolute atomic E-state index is 0.00334. The Morgan fingerprint density at radius 2 is 2.19 bits per heavy atom. The zero-order chi connectivity index (χ0) is 12.3. The zero-order valence-corrected chi connectivity index (χ0v) is 10.3. The fraction of sp³-hybridized carbons (Fsp3) is 0.583. The smallest absolute Gasteiger partial charge is 0.371 e. The molecule has 90 valence electrons. The van der Waals surface area contributed by atoms with E-state index in [1.54, 1.807) is 13.0 Å². The fourth-order valence-electron chi connectivity index (χ4n) is 1.26. The second kappa shape index (κ2) is 4.70. The molecule has 4 heteroatoms. The van der Waals surface area contributed by atoms with Crippen molar-refractivity contribution in [2.24, 2.45) is 0 Å². The number of aryl methyl sites for hydroxylation is 1. The predicted molar refractivity (Wildman–Crippen MR) is 61.6 cm³/mol. The van der Waals surface area contributed by atoms with Gasteiger partial charge >= 0.3 is 5.97 Å². The van der Waals surface area contributed by atoms with Crippen molar-refractivity contribution in [2.45, 2.75) is 46.2 Å². The predicted octanol–water partition coefficient (Wildman–Crippen LogP) is 2.56. The van der Waals surface area contributed by atoms with Gasteiger partial charge in [-0.2, -0.15) is 0 Å². The summed E-state index contributed by atoms with van der Waals surface area (Å²) in [5.41, 5.74) is 0.950. The molecule has 2 N–H and O–H groups in total. The maximum absolute atomic E-state index is 10.7. The minimum Gasteiger partial charge on any atom is -0.475 e. The van der Waals surface area contributed by atoms with E-state index in [1.165, 1.54) is 0 Å². The lowest BCUT2D eigenvalue weighted by molar-refractivity contribution is 0.0661. The number of hydrogen-bond donors (Lipinski definition) is 2. The Balaban J connectivity index is 2.71. The molecule has 0 atom stereocenters. The second-order valence-electron chi connectivity index (χ2n) is 4.59. The molecule has 0 aliphatic heterocycles. The molecular weight excluding hydrogens is 206 g/mol. The molecule has 0 bridgehead atoms. The molecule has 0 unspecified atom stereocenters. The molecule has 0 spiro atoms. The molecule has 1 aromatic rings. The van der Waals surface area contributed by atoms with Gasteiger partial charge in [0.05, 0.1) is 0 Å². The number of rotatable bonds is 5. The number of carbonyl (C=O) groups is 1. The summed E-state index contributed by atoms with van der Waals surface area (Å²) in [6, 6.07) is 1.58. The Morgan fingerprint density at radius 1 is 1.56 bits per heavy atom. The fourth-order valence-corrected chi connectivity index (χ4v) is 1.26. The summed E-state index contributed by atoms with van der Waals surface area (Å²) in [4.78, 5) is 10.7.